The van der Waals surface area contributed by atoms with Crippen molar-refractivity contribution < 1.29 is 0 Å². The molecule has 0 aliphatic heterocycles. The molecule has 1 aliphatic rings. The van der Waals surface area contributed by atoms with Crippen molar-refractivity contribution in [3.8, 4) is 11.3 Å². The Labute approximate surface area is 241 Å². The molecule has 0 saturated heterocycles. The maximum Gasteiger partial charge on any atom is 0.227 e. The monoisotopic (exact) mass is 566 g/mol. The summed E-state index contributed by atoms with van der Waals surface area (Å²) in [7, 11) is 2.20. The van der Waals surface area contributed by atoms with Gasteiger partial charge in [0.05, 0.1) is 15.7 Å². The highest BCUT2D eigenvalue weighted by molar-refractivity contribution is 6.42. The first kappa shape index (κ1) is 28.4. The number of fused-ring (bicyclic) bond motifs is 3. The Bertz CT molecular complexity index is 1370. The molecule has 7 heteroatoms. The second kappa shape index (κ2) is 12.9. The normalized spacial score (nSPS) is 14.0. The van der Waals surface area contributed by atoms with E-state index in [1.165, 1.54) is 24.0 Å². The molecule has 0 radical (unpaired) electrons. The largest absolute Gasteiger partial charge is 0.324 e. The van der Waals surface area contributed by atoms with Crippen LogP contribution in [-0.4, -0.2) is 35.0 Å². The van der Waals surface area contributed by atoms with Crippen LogP contribution in [0.3, 0.4) is 0 Å². The highest BCUT2D eigenvalue weighted by Gasteiger charge is 2.27. The third-order valence-corrected chi connectivity index (χ3v) is 7.85. The fourth-order valence-corrected chi connectivity index (χ4v) is 5.27. The number of likely N-dealkylation sites (N-methyl/N-ethyl adjacent to an activating group) is 1. The lowest BCUT2D eigenvalue weighted by atomic mass is 9.78. The molecule has 1 aliphatic carbocycles. The topological polar surface area (TPSA) is 41.0 Å². The summed E-state index contributed by atoms with van der Waals surface area (Å²) in [6.45, 7) is 4.46. The van der Waals surface area contributed by atoms with E-state index in [0.717, 1.165) is 54.0 Å². The van der Waals surface area contributed by atoms with Crippen LogP contribution in [0, 0.1) is 0 Å². The van der Waals surface area contributed by atoms with Gasteiger partial charge in [0.2, 0.25) is 5.95 Å². The molecule has 198 valence electrons. The van der Waals surface area contributed by atoms with Crippen molar-refractivity contribution in [3.63, 3.8) is 0 Å². The van der Waals surface area contributed by atoms with Crippen LogP contribution in [0.2, 0.25) is 10.0 Å². The number of rotatable bonds is 9. The van der Waals surface area contributed by atoms with E-state index in [4.69, 9.17) is 28.2 Å². The Morgan fingerprint density at radius 3 is 2.53 bits per heavy atom. The van der Waals surface area contributed by atoms with Crippen molar-refractivity contribution in [2.75, 3.05) is 25.5 Å². The summed E-state index contributed by atoms with van der Waals surface area (Å²) in [6, 6.07) is 23.0. The zero-order valence-corrected chi connectivity index (χ0v) is 24.1. The summed E-state index contributed by atoms with van der Waals surface area (Å²) in [5.41, 5.74) is 7.95. The molecule has 1 atom stereocenters. The van der Waals surface area contributed by atoms with Crippen molar-refractivity contribution in [2.24, 2.45) is 0 Å². The van der Waals surface area contributed by atoms with Gasteiger partial charge >= 0.3 is 0 Å². The Hall–Kier alpha value is -2.63. The standard InChI is InChI=1S/C31H32Cl2N4.ClH/c1-3-4-16-37(2)17-15-21-9-12-24(13-10-21)35-31-34-20-23-18-27(22-11-14-28(32)29(33)19-22)25-7-5-6-8-26(25)30(23)36-31;/h5-14,19-20,27H,3-4,15-18H2,1-2H3,(H,34,35,36);1H/t27-;/m0./s1. The SMILES string of the molecule is CCCCN(C)CCc1ccc(Nc2ncc3c(n2)-c2ccccc2[C@H](c2ccc(Cl)c(Cl)c2)C3)cc1.Cl. The molecule has 5 rings (SSSR count). The number of nitrogens with one attached hydrogen (secondary N) is 1. The molecule has 0 spiro atoms. The van der Waals surface area contributed by atoms with Gasteiger partial charge in [-0.1, -0.05) is 79.0 Å². The number of benzene rings is 3. The van der Waals surface area contributed by atoms with E-state index in [9.17, 15) is 0 Å². The van der Waals surface area contributed by atoms with Gasteiger partial charge in [-0.2, -0.15) is 0 Å². The second-order valence-corrected chi connectivity index (χ2v) is 10.6. The van der Waals surface area contributed by atoms with Gasteiger partial charge in [0, 0.05) is 29.9 Å². The minimum atomic E-state index is 0. The molecule has 0 saturated carbocycles. The molecule has 1 heterocycles. The first-order valence-corrected chi connectivity index (χ1v) is 13.7. The van der Waals surface area contributed by atoms with Crippen LogP contribution in [0.1, 0.15) is 47.9 Å². The molecule has 3 aromatic carbocycles. The second-order valence-electron chi connectivity index (χ2n) is 9.81. The van der Waals surface area contributed by atoms with Crippen LogP contribution in [0.25, 0.3) is 11.3 Å². The molecule has 0 fully saturated rings. The number of aromatic nitrogens is 2. The van der Waals surface area contributed by atoms with E-state index in [0.29, 0.717) is 16.0 Å². The van der Waals surface area contributed by atoms with Crippen LogP contribution in [0.5, 0.6) is 0 Å². The molecule has 38 heavy (non-hydrogen) atoms. The van der Waals surface area contributed by atoms with Crippen LogP contribution in [-0.2, 0) is 12.8 Å². The van der Waals surface area contributed by atoms with E-state index < -0.39 is 0 Å². The van der Waals surface area contributed by atoms with Gasteiger partial charge in [-0.05, 0) is 79.4 Å². The average molecular weight is 568 g/mol. The van der Waals surface area contributed by atoms with Crippen molar-refractivity contribution in [1.29, 1.82) is 0 Å². The van der Waals surface area contributed by atoms with E-state index in [1.807, 2.05) is 18.3 Å². The molecule has 1 N–H and O–H groups in total. The van der Waals surface area contributed by atoms with E-state index >= 15 is 0 Å². The summed E-state index contributed by atoms with van der Waals surface area (Å²) in [4.78, 5) is 12.0. The van der Waals surface area contributed by atoms with E-state index in [1.54, 1.807) is 0 Å². The molecule has 4 nitrogen and oxygen atoms in total. The third-order valence-electron chi connectivity index (χ3n) is 7.11. The Morgan fingerprint density at radius 2 is 1.76 bits per heavy atom. The zero-order chi connectivity index (χ0) is 25.8. The van der Waals surface area contributed by atoms with Crippen molar-refractivity contribution in [3.05, 3.63) is 105 Å². The van der Waals surface area contributed by atoms with E-state index in [2.05, 4.69) is 83.8 Å². The molecule has 0 amide bonds. The molecule has 4 aromatic rings. The Morgan fingerprint density at radius 1 is 0.974 bits per heavy atom. The smallest absolute Gasteiger partial charge is 0.227 e. The third kappa shape index (κ3) is 6.50. The lowest BCUT2D eigenvalue weighted by molar-refractivity contribution is 0.332. The van der Waals surface area contributed by atoms with Gasteiger partial charge in [0.1, 0.15) is 0 Å². The number of hydrogen-bond donors (Lipinski definition) is 1. The van der Waals surface area contributed by atoms with Crippen molar-refractivity contribution in [1.82, 2.24) is 14.9 Å². The molecule has 0 unspecified atom stereocenters. The first-order chi connectivity index (χ1) is 18.0. The van der Waals surface area contributed by atoms with Gasteiger partial charge in [-0.3, -0.25) is 0 Å². The summed E-state index contributed by atoms with van der Waals surface area (Å²) in [5, 5.41) is 4.54. The Kier molecular flexibility index (Phi) is 9.67. The first-order valence-electron chi connectivity index (χ1n) is 13.0. The lowest BCUT2D eigenvalue weighted by Gasteiger charge is -2.27. The number of unbranched alkanes of at least 4 members (excludes halogenated alkanes) is 1. The van der Waals surface area contributed by atoms with Crippen LogP contribution < -0.4 is 5.32 Å². The number of nitrogens with zero attached hydrogens (tertiary/aromatic N) is 3. The highest BCUT2D eigenvalue weighted by Crippen LogP contribution is 2.43. The van der Waals surface area contributed by atoms with Crippen LogP contribution >= 0.6 is 35.6 Å². The van der Waals surface area contributed by atoms with E-state index in [-0.39, 0.29) is 18.3 Å². The Balaban J connectivity index is 0.00000336. The zero-order valence-electron chi connectivity index (χ0n) is 21.8. The predicted octanol–water partition coefficient (Wildman–Crippen LogP) is 8.58. The average Bonchev–Trinajstić information content (AvgIpc) is 2.92. The van der Waals surface area contributed by atoms with Crippen LogP contribution in [0.4, 0.5) is 11.6 Å². The van der Waals surface area contributed by atoms with Gasteiger partial charge in [0.15, 0.2) is 0 Å². The molecular formula is C31H33Cl3N4. The number of halogens is 3. The minimum absolute atomic E-state index is 0. The van der Waals surface area contributed by atoms with Crippen LogP contribution in [0.15, 0.2) is 72.9 Å². The molecule has 0 bridgehead atoms. The lowest BCUT2D eigenvalue weighted by Crippen LogP contribution is -2.22. The summed E-state index contributed by atoms with van der Waals surface area (Å²) in [6.07, 6.45) is 6.30. The molecular weight excluding hydrogens is 535 g/mol. The van der Waals surface area contributed by atoms with Gasteiger partial charge < -0.3 is 10.2 Å². The predicted molar refractivity (Wildman–Crippen MR) is 163 cm³/mol. The highest BCUT2D eigenvalue weighted by atomic mass is 35.5. The maximum absolute atomic E-state index is 6.35. The fraction of sp³-hybridized carbons (Fsp3) is 0.290. The summed E-state index contributed by atoms with van der Waals surface area (Å²) < 4.78 is 0. The minimum Gasteiger partial charge on any atom is -0.324 e. The van der Waals surface area contributed by atoms with Crippen molar-refractivity contribution in [2.45, 2.75) is 38.5 Å². The number of hydrogen-bond acceptors (Lipinski definition) is 4. The summed E-state index contributed by atoms with van der Waals surface area (Å²) >= 11 is 12.5. The molecule has 1 aromatic heterocycles. The van der Waals surface area contributed by atoms with Crippen molar-refractivity contribution >= 4 is 47.2 Å². The number of anilines is 2. The fourth-order valence-electron chi connectivity index (χ4n) is 4.97. The van der Waals surface area contributed by atoms with Gasteiger partial charge in [0.25, 0.3) is 0 Å². The van der Waals surface area contributed by atoms with Gasteiger partial charge in [-0.25, -0.2) is 9.97 Å². The summed E-state index contributed by atoms with van der Waals surface area (Å²) in [5.74, 6) is 0.781. The quantitative estimate of drug-likeness (QED) is 0.220. The maximum atomic E-state index is 6.35. The van der Waals surface area contributed by atoms with Gasteiger partial charge in [-0.15, -0.1) is 12.4 Å².